The van der Waals surface area contributed by atoms with Gasteiger partial charge in [0.2, 0.25) is 17.7 Å². The van der Waals surface area contributed by atoms with Crippen molar-refractivity contribution in [2.45, 2.75) is 117 Å². The molecule has 1 saturated heterocycles. The second-order valence-electron chi connectivity index (χ2n) is 13.1. The van der Waals surface area contributed by atoms with Crippen LogP contribution in [0.1, 0.15) is 81.1 Å². The molecule has 1 N–H and O–H groups in total. The number of carbonyl (C=O) groups is 4. The van der Waals surface area contributed by atoms with Crippen molar-refractivity contribution in [3.63, 3.8) is 0 Å². The number of likely N-dealkylation sites (tertiary alicyclic amines) is 1. The zero-order valence-corrected chi connectivity index (χ0v) is 28.6. The molecule has 3 amide bonds. The Bertz CT molecular complexity index is 886. The van der Waals surface area contributed by atoms with Gasteiger partial charge in [-0.25, -0.2) is 0 Å². The Morgan fingerprint density at radius 3 is 1.98 bits per heavy atom. The molecule has 0 aromatic carbocycles. The third-order valence-corrected chi connectivity index (χ3v) is 9.17. The number of ketones is 1. The van der Waals surface area contributed by atoms with Gasteiger partial charge in [0, 0.05) is 33.7 Å². The third kappa shape index (κ3) is 9.48. The number of amides is 3. The lowest BCUT2D eigenvalue weighted by atomic mass is 9.89. The summed E-state index contributed by atoms with van der Waals surface area (Å²) in [6, 6.07) is -1.66. The predicted molar refractivity (Wildman–Crippen MR) is 166 cm³/mol. The van der Waals surface area contributed by atoms with Gasteiger partial charge in [-0.1, -0.05) is 54.9 Å². The number of methoxy groups -OCH3 is 2. The van der Waals surface area contributed by atoms with Gasteiger partial charge in [-0.3, -0.25) is 24.1 Å². The van der Waals surface area contributed by atoms with E-state index in [9.17, 15) is 19.2 Å². The van der Waals surface area contributed by atoms with E-state index in [1.165, 1.54) is 0 Å². The standard InChI is InChI=1S/C32H60N4O6/c1-14-21(6)29(35(11)32(40)27(19(2)3)33-31(39)28(20(4)5)34(9)10)25(41-12)18-26(38)36-17-15-16-24(36)30(42-13)22(7)23(8)37/h19-22,24-25,27-30H,14-18H2,1-13H3,(H,33,39)/t21?,22-,24-,25+,27-,28-,29-,30+/m0/s1. The number of carbonyl (C=O) groups excluding carboxylic acids is 4. The van der Waals surface area contributed by atoms with Crippen LogP contribution in [0.15, 0.2) is 0 Å². The number of ether oxygens (including phenoxy) is 2. The van der Waals surface area contributed by atoms with Crippen molar-refractivity contribution in [2.24, 2.45) is 23.7 Å². The summed E-state index contributed by atoms with van der Waals surface area (Å²) in [4.78, 5) is 58.6. The molecule has 1 rings (SSSR count). The Labute approximate surface area is 255 Å². The molecule has 1 aliphatic rings. The van der Waals surface area contributed by atoms with Gasteiger partial charge < -0.3 is 24.6 Å². The smallest absolute Gasteiger partial charge is 0.245 e. The molecular formula is C32H60N4O6. The monoisotopic (exact) mass is 596 g/mol. The second kappa shape index (κ2) is 17.3. The van der Waals surface area contributed by atoms with Gasteiger partial charge in [-0.05, 0) is 51.6 Å². The van der Waals surface area contributed by atoms with Crippen LogP contribution in [0.25, 0.3) is 0 Å². The summed E-state index contributed by atoms with van der Waals surface area (Å²) in [5.41, 5.74) is 0. The quantitative estimate of drug-likeness (QED) is 0.275. The molecule has 8 atom stereocenters. The van der Waals surface area contributed by atoms with E-state index in [0.717, 1.165) is 19.3 Å². The molecule has 1 aliphatic heterocycles. The molecule has 1 unspecified atom stereocenters. The van der Waals surface area contributed by atoms with Crippen LogP contribution in [-0.2, 0) is 28.7 Å². The number of Topliss-reactive ketones (excluding diaryl/α,β-unsaturated/α-hetero) is 1. The van der Waals surface area contributed by atoms with E-state index < -0.39 is 12.1 Å². The summed E-state index contributed by atoms with van der Waals surface area (Å²) in [5.74, 6) is -0.782. The van der Waals surface area contributed by atoms with E-state index in [1.54, 1.807) is 33.1 Å². The van der Waals surface area contributed by atoms with Crippen molar-refractivity contribution in [1.82, 2.24) is 20.0 Å². The summed E-state index contributed by atoms with van der Waals surface area (Å²) in [6.45, 7) is 15.9. The fraction of sp³-hybridized carbons (Fsp3) is 0.875. The summed E-state index contributed by atoms with van der Waals surface area (Å²) >= 11 is 0. The largest absolute Gasteiger partial charge is 0.379 e. The Kier molecular flexibility index (Phi) is 15.6. The van der Waals surface area contributed by atoms with Crippen molar-refractivity contribution in [3.8, 4) is 0 Å². The van der Waals surface area contributed by atoms with Crippen LogP contribution in [0, 0.1) is 23.7 Å². The van der Waals surface area contributed by atoms with Gasteiger partial charge >= 0.3 is 0 Å². The van der Waals surface area contributed by atoms with Crippen LogP contribution in [0.5, 0.6) is 0 Å². The van der Waals surface area contributed by atoms with Crippen molar-refractivity contribution in [3.05, 3.63) is 0 Å². The van der Waals surface area contributed by atoms with Crippen LogP contribution in [0.4, 0.5) is 0 Å². The summed E-state index contributed by atoms with van der Waals surface area (Å²) in [7, 11) is 8.64. The van der Waals surface area contributed by atoms with Gasteiger partial charge in [0.15, 0.2) is 0 Å². The molecule has 0 aromatic heterocycles. The van der Waals surface area contributed by atoms with Gasteiger partial charge in [-0.2, -0.15) is 0 Å². The number of nitrogens with one attached hydrogen (secondary N) is 1. The van der Waals surface area contributed by atoms with Crippen LogP contribution >= 0.6 is 0 Å². The Morgan fingerprint density at radius 2 is 1.55 bits per heavy atom. The van der Waals surface area contributed by atoms with Crippen molar-refractivity contribution >= 4 is 23.5 Å². The van der Waals surface area contributed by atoms with Crippen LogP contribution < -0.4 is 5.32 Å². The number of rotatable bonds is 17. The van der Waals surface area contributed by atoms with Crippen LogP contribution in [0.3, 0.4) is 0 Å². The summed E-state index contributed by atoms with van der Waals surface area (Å²) in [5, 5.41) is 3.03. The summed E-state index contributed by atoms with van der Waals surface area (Å²) in [6.07, 6.45) is 1.55. The topological polar surface area (TPSA) is 108 Å². The SMILES string of the molecule is CCC(C)[C@@H]([C@@H](CC(=O)N1CCC[C@H]1[C@H](OC)[C@@H](C)C(C)=O)OC)N(C)C(=O)[C@@H](NC(=O)[C@H](C(C)C)N(C)C)C(C)C. The lowest BCUT2D eigenvalue weighted by molar-refractivity contribution is -0.147. The maximum absolute atomic E-state index is 14.0. The molecule has 244 valence electrons. The highest BCUT2D eigenvalue weighted by Gasteiger charge is 2.42. The van der Waals surface area contributed by atoms with Gasteiger partial charge in [0.05, 0.1) is 36.8 Å². The third-order valence-electron chi connectivity index (χ3n) is 9.17. The average molecular weight is 597 g/mol. The van der Waals surface area contributed by atoms with Gasteiger partial charge in [-0.15, -0.1) is 0 Å². The first kappa shape index (κ1) is 38.0. The molecule has 0 saturated carbocycles. The molecule has 10 heteroatoms. The zero-order valence-electron chi connectivity index (χ0n) is 28.6. The fourth-order valence-corrected chi connectivity index (χ4v) is 6.49. The average Bonchev–Trinajstić information content (AvgIpc) is 3.39. The molecule has 10 nitrogen and oxygen atoms in total. The predicted octanol–water partition coefficient (Wildman–Crippen LogP) is 3.22. The maximum Gasteiger partial charge on any atom is 0.245 e. The van der Waals surface area contributed by atoms with E-state index >= 15 is 0 Å². The Balaban J connectivity index is 3.26. The maximum atomic E-state index is 14.0. The van der Waals surface area contributed by atoms with Crippen LogP contribution in [0.2, 0.25) is 0 Å². The first-order chi connectivity index (χ1) is 19.5. The Hall–Kier alpha value is -2.04. The molecule has 42 heavy (non-hydrogen) atoms. The van der Waals surface area contributed by atoms with E-state index in [2.05, 4.69) is 19.2 Å². The highest BCUT2D eigenvalue weighted by Crippen LogP contribution is 2.29. The number of likely N-dealkylation sites (N-methyl/N-ethyl adjacent to an activating group) is 2. The summed E-state index contributed by atoms with van der Waals surface area (Å²) < 4.78 is 11.7. The first-order valence-corrected chi connectivity index (χ1v) is 15.6. The molecule has 0 aromatic rings. The van der Waals surface area contributed by atoms with E-state index in [0.29, 0.717) is 6.54 Å². The fourth-order valence-electron chi connectivity index (χ4n) is 6.49. The first-order valence-electron chi connectivity index (χ1n) is 15.6. The van der Waals surface area contributed by atoms with E-state index in [-0.39, 0.29) is 77.8 Å². The van der Waals surface area contributed by atoms with Crippen LogP contribution in [-0.4, -0.2) is 116 Å². The minimum absolute atomic E-state index is 0.0317. The van der Waals surface area contributed by atoms with E-state index in [4.69, 9.17) is 9.47 Å². The molecule has 0 aliphatic carbocycles. The lowest BCUT2D eigenvalue weighted by Gasteiger charge is -2.41. The van der Waals surface area contributed by atoms with Crippen molar-refractivity contribution in [2.75, 3.05) is 41.9 Å². The van der Waals surface area contributed by atoms with Crippen molar-refractivity contribution < 1.29 is 28.7 Å². The molecule has 1 heterocycles. The minimum Gasteiger partial charge on any atom is -0.379 e. The van der Waals surface area contributed by atoms with E-state index in [1.807, 2.05) is 58.5 Å². The normalized spacial score (nSPS) is 20.7. The molecule has 0 radical (unpaired) electrons. The number of hydrogen-bond donors (Lipinski definition) is 1. The Morgan fingerprint density at radius 1 is 0.952 bits per heavy atom. The minimum atomic E-state index is -0.720. The second-order valence-corrected chi connectivity index (χ2v) is 13.1. The molecule has 1 fully saturated rings. The molecular weight excluding hydrogens is 536 g/mol. The highest BCUT2D eigenvalue weighted by molar-refractivity contribution is 5.90. The lowest BCUT2D eigenvalue weighted by Crippen LogP contribution is -2.59. The number of hydrogen-bond acceptors (Lipinski definition) is 7. The molecule has 0 spiro atoms. The van der Waals surface area contributed by atoms with Gasteiger partial charge in [0.1, 0.15) is 11.8 Å². The van der Waals surface area contributed by atoms with Crippen molar-refractivity contribution in [1.29, 1.82) is 0 Å². The molecule has 0 bridgehead atoms. The zero-order chi connectivity index (χ0) is 32.5. The highest BCUT2D eigenvalue weighted by atomic mass is 16.5. The van der Waals surface area contributed by atoms with Gasteiger partial charge in [0.25, 0.3) is 0 Å². The number of nitrogens with zero attached hydrogens (tertiary/aromatic N) is 3.